The van der Waals surface area contributed by atoms with Gasteiger partial charge in [0.05, 0.1) is 18.8 Å². The Balaban J connectivity index is 5.56. The molecule has 0 aliphatic carbocycles. The van der Waals surface area contributed by atoms with Crippen LogP contribution in [0.15, 0.2) is 0 Å². The highest BCUT2D eigenvalue weighted by Crippen LogP contribution is 2.08. The van der Waals surface area contributed by atoms with Crippen LogP contribution < -0.4 is 54.4 Å². The quantitative estimate of drug-likeness (QED) is 0.0364. The van der Waals surface area contributed by atoms with Crippen molar-refractivity contribution < 1.29 is 58.5 Å². The number of carbonyl (C=O) groups is 9. The summed E-state index contributed by atoms with van der Waals surface area (Å²) in [5, 5.41) is 45.2. The van der Waals surface area contributed by atoms with Crippen molar-refractivity contribution >= 4 is 53.2 Å². The van der Waals surface area contributed by atoms with Gasteiger partial charge in [-0.25, -0.2) is 4.79 Å². The highest BCUT2D eigenvalue weighted by Gasteiger charge is 2.32. The largest absolute Gasteiger partial charge is 0.480 e. The SMILES string of the molecule is CC(C)CC(NC(=O)C(CO)NC(=O)C(CCCCN)NC(=O)C(N)CCC(N)=O)C(=O)NC(C)C(=O)NC(C)C(=O)NC(C)C(=O)NC(C(=O)O)C(C)O. The lowest BCUT2D eigenvalue weighted by molar-refractivity contribution is -0.145. The highest BCUT2D eigenvalue weighted by molar-refractivity contribution is 5.97. The van der Waals surface area contributed by atoms with Crippen molar-refractivity contribution in [3.05, 3.63) is 0 Å². The molecule has 0 aromatic carbocycles. The van der Waals surface area contributed by atoms with E-state index >= 15 is 0 Å². The predicted molar refractivity (Wildman–Crippen MR) is 196 cm³/mol. The number of hydrogen-bond acceptors (Lipinski definition) is 13. The lowest BCUT2D eigenvalue weighted by Gasteiger charge is -2.26. The molecule has 0 bridgehead atoms. The predicted octanol–water partition coefficient (Wildman–Crippen LogP) is -5.33. The fourth-order valence-corrected chi connectivity index (χ4v) is 4.77. The minimum absolute atomic E-state index is 0.0650. The van der Waals surface area contributed by atoms with Gasteiger partial charge in [0, 0.05) is 6.42 Å². The summed E-state index contributed by atoms with van der Waals surface area (Å²) in [7, 11) is 0. The molecule has 0 aromatic heterocycles. The zero-order valence-corrected chi connectivity index (χ0v) is 32.2. The van der Waals surface area contributed by atoms with Crippen LogP contribution in [0, 0.1) is 5.92 Å². The molecule has 16 N–H and O–H groups in total. The molecular formula is C33H60N10O12. The molecule has 0 aromatic rings. The number of hydrogen-bond donors (Lipinski definition) is 13. The molecule has 9 unspecified atom stereocenters. The number of nitrogens with two attached hydrogens (primary N) is 3. The van der Waals surface area contributed by atoms with Crippen LogP contribution in [0.1, 0.15) is 80.1 Å². The van der Waals surface area contributed by atoms with Gasteiger partial charge in [-0.3, -0.25) is 38.4 Å². The third kappa shape index (κ3) is 19.3. The first-order valence-corrected chi connectivity index (χ1v) is 17.9. The first-order chi connectivity index (χ1) is 25.5. The van der Waals surface area contributed by atoms with Gasteiger partial charge in [-0.05, 0) is 72.3 Å². The summed E-state index contributed by atoms with van der Waals surface area (Å²) in [6.07, 6.45) is -0.584. The van der Waals surface area contributed by atoms with E-state index in [1.54, 1.807) is 13.8 Å². The molecule has 0 aliphatic heterocycles. The lowest BCUT2D eigenvalue weighted by Crippen LogP contribution is -2.60. The van der Waals surface area contributed by atoms with Gasteiger partial charge in [-0.15, -0.1) is 0 Å². The maximum Gasteiger partial charge on any atom is 0.328 e. The number of carboxylic acids is 1. The summed E-state index contributed by atoms with van der Waals surface area (Å²) in [4.78, 5) is 113. The molecule has 0 heterocycles. The number of rotatable bonds is 26. The van der Waals surface area contributed by atoms with E-state index in [1.165, 1.54) is 20.8 Å². The standard InChI is InChI=1S/C33H60N10O12/c1-15(2)13-22(31(52)39-17(4)27(48)37-16(3)26(47)38-18(5)28(49)43-25(19(6)45)33(54)55)41-32(53)23(14-44)42-30(51)21(9-7-8-12-34)40-29(50)20(35)10-11-24(36)46/h15-23,25,44-45H,7-14,34-35H2,1-6H3,(H2,36,46)(H,37,48)(H,38,47)(H,39,52)(H,40,50)(H,41,53)(H,42,51)(H,43,49)(H,54,55). The van der Waals surface area contributed by atoms with E-state index in [2.05, 4.69) is 37.2 Å². The van der Waals surface area contributed by atoms with Crippen LogP contribution in [0.5, 0.6) is 0 Å². The Labute approximate surface area is 319 Å². The van der Waals surface area contributed by atoms with Crippen molar-refractivity contribution in [2.45, 2.75) is 135 Å². The van der Waals surface area contributed by atoms with Crippen LogP contribution in [0.25, 0.3) is 0 Å². The van der Waals surface area contributed by atoms with Crippen molar-refractivity contribution in [3.63, 3.8) is 0 Å². The van der Waals surface area contributed by atoms with E-state index in [0.717, 1.165) is 6.92 Å². The van der Waals surface area contributed by atoms with Crippen LogP contribution in [0.3, 0.4) is 0 Å². The van der Waals surface area contributed by atoms with Crippen LogP contribution in [-0.2, 0) is 43.2 Å². The van der Waals surface area contributed by atoms with Crippen molar-refractivity contribution in [3.8, 4) is 0 Å². The number of unbranched alkanes of at least 4 members (excludes halogenated alkanes) is 1. The second-order valence-corrected chi connectivity index (χ2v) is 13.6. The van der Waals surface area contributed by atoms with Gasteiger partial charge in [0.15, 0.2) is 6.04 Å². The second-order valence-electron chi connectivity index (χ2n) is 13.6. The average molecular weight is 789 g/mol. The summed E-state index contributed by atoms with van der Waals surface area (Å²) in [6, 6.07) is -10.5. The molecule has 0 saturated heterocycles. The fourth-order valence-electron chi connectivity index (χ4n) is 4.77. The van der Waals surface area contributed by atoms with Gasteiger partial charge in [0.2, 0.25) is 47.3 Å². The van der Waals surface area contributed by atoms with E-state index in [0.29, 0.717) is 19.4 Å². The van der Waals surface area contributed by atoms with Crippen LogP contribution in [0.4, 0.5) is 0 Å². The molecule has 314 valence electrons. The number of carboxylic acid groups (broad SMARTS) is 1. The molecule has 22 heteroatoms. The lowest BCUT2D eigenvalue weighted by atomic mass is 10.0. The topological polar surface area (TPSA) is 377 Å². The zero-order chi connectivity index (χ0) is 42.6. The molecule has 0 fully saturated rings. The Bertz CT molecular complexity index is 1350. The number of amides is 8. The van der Waals surface area contributed by atoms with E-state index in [1.807, 2.05) is 0 Å². The third-order valence-electron chi connectivity index (χ3n) is 8.08. The van der Waals surface area contributed by atoms with E-state index < -0.39 is 114 Å². The maximum absolute atomic E-state index is 13.3. The Morgan fingerprint density at radius 3 is 1.45 bits per heavy atom. The van der Waals surface area contributed by atoms with E-state index in [4.69, 9.17) is 22.3 Å². The minimum atomic E-state index is -1.62. The maximum atomic E-state index is 13.3. The Morgan fingerprint density at radius 1 is 0.582 bits per heavy atom. The summed E-state index contributed by atoms with van der Waals surface area (Å²) >= 11 is 0. The first-order valence-electron chi connectivity index (χ1n) is 17.9. The van der Waals surface area contributed by atoms with Gasteiger partial charge < -0.3 is 69.7 Å². The van der Waals surface area contributed by atoms with E-state index in [-0.39, 0.29) is 31.6 Å². The smallest absolute Gasteiger partial charge is 0.328 e. The molecule has 0 spiro atoms. The average Bonchev–Trinajstić information content (AvgIpc) is 3.09. The van der Waals surface area contributed by atoms with Gasteiger partial charge in [-0.1, -0.05) is 13.8 Å². The van der Waals surface area contributed by atoms with Crippen molar-refractivity contribution in [1.29, 1.82) is 0 Å². The van der Waals surface area contributed by atoms with Crippen molar-refractivity contribution in [2.24, 2.45) is 23.1 Å². The van der Waals surface area contributed by atoms with Gasteiger partial charge in [0.25, 0.3) is 0 Å². The van der Waals surface area contributed by atoms with E-state index in [9.17, 15) is 53.4 Å². The molecule has 0 saturated carbocycles. The molecule has 9 atom stereocenters. The number of carbonyl (C=O) groups excluding carboxylic acids is 8. The van der Waals surface area contributed by atoms with Gasteiger partial charge in [0.1, 0.15) is 36.3 Å². The third-order valence-corrected chi connectivity index (χ3v) is 8.08. The van der Waals surface area contributed by atoms with Crippen LogP contribution >= 0.6 is 0 Å². The molecule has 8 amide bonds. The second kappa shape index (κ2) is 25.2. The number of aliphatic carboxylic acids is 1. The summed E-state index contributed by atoms with van der Waals surface area (Å²) < 4.78 is 0. The van der Waals surface area contributed by atoms with Crippen LogP contribution in [0.2, 0.25) is 0 Å². The zero-order valence-electron chi connectivity index (χ0n) is 32.2. The number of aliphatic hydroxyl groups excluding tert-OH is 2. The van der Waals surface area contributed by atoms with Crippen LogP contribution in [-0.4, -0.2) is 136 Å². The number of nitrogens with one attached hydrogen (secondary N) is 7. The Kier molecular flexibility index (Phi) is 22.9. The summed E-state index contributed by atoms with van der Waals surface area (Å²) in [5.41, 5.74) is 16.5. The van der Waals surface area contributed by atoms with Gasteiger partial charge in [-0.2, -0.15) is 0 Å². The molecule has 55 heavy (non-hydrogen) atoms. The number of primary amides is 1. The summed E-state index contributed by atoms with van der Waals surface area (Å²) in [6.45, 7) is 7.94. The summed E-state index contributed by atoms with van der Waals surface area (Å²) in [5.74, 6) is -8.23. The molecule has 22 nitrogen and oxygen atoms in total. The molecular weight excluding hydrogens is 728 g/mol. The van der Waals surface area contributed by atoms with Gasteiger partial charge >= 0.3 is 5.97 Å². The molecule has 0 rings (SSSR count). The Hall–Kier alpha value is -4.93. The first kappa shape index (κ1) is 50.1. The monoisotopic (exact) mass is 788 g/mol. The normalized spacial score (nSPS) is 16.0. The Morgan fingerprint density at radius 2 is 1.02 bits per heavy atom. The molecule has 0 radical (unpaired) electrons. The van der Waals surface area contributed by atoms with Crippen molar-refractivity contribution in [1.82, 2.24) is 37.2 Å². The highest BCUT2D eigenvalue weighted by atomic mass is 16.4. The fraction of sp³-hybridized carbons (Fsp3) is 0.727. The molecule has 0 aliphatic rings. The van der Waals surface area contributed by atoms with Crippen molar-refractivity contribution in [2.75, 3.05) is 13.2 Å². The number of aliphatic hydroxyl groups is 2. The minimum Gasteiger partial charge on any atom is -0.480 e.